The molecule has 0 aliphatic heterocycles. The lowest BCUT2D eigenvalue weighted by Gasteiger charge is -2.25. The number of aromatic nitrogens is 2. The molecule has 6 aromatic rings. The summed E-state index contributed by atoms with van der Waals surface area (Å²) >= 11 is 6.39. The lowest BCUT2D eigenvalue weighted by molar-refractivity contribution is -0.128. The van der Waals surface area contributed by atoms with Gasteiger partial charge in [0.2, 0.25) is 23.6 Å². The molecule has 2 N–H and O–H groups in total. The smallest absolute Gasteiger partial charge is 0.330 e. The summed E-state index contributed by atoms with van der Waals surface area (Å²) in [5.74, 6) is -0.697. The molecule has 0 aliphatic rings. The van der Waals surface area contributed by atoms with Crippen LogP contribution in [0.4, 0.5) is 11.4 Å². The number of benzene rings is 5. The molecular formula is C45H45ClN6O7. The van der Waals surface area contributed by atoms with E-state index in [0.717, 1.165) is 11.1 Å². The van der Waals surface area contributed by atoms with Crippen LogP contribution in [0.2, 0.25) is 5.02 Å². The van der Waals surface area contributed by atoms with Gasteiger partial charge >= 0.3 is 5.69 Å². The number of carbonyl (C=O) groups excluding carboxylic acids is 4. The molecule has 0 saturated carbocycles. The molecule has 0 fully saturated rings. The number of nitrogens with one attached hydrogen (secondary N) is 2. The van der Waals surface area contributed by atoms with Gasteiger partial charge < -0.3 is 29.9 Å². The van der Waals surface area contributed by atoms with Crippen molar-refractivity contribution in [1.29, 1.82) is 0 Å². The van der Waals surface area contributed by atoms with E-state index >= 15 is 0 Å². The quantitative estimate of drug-likeness (QED) is 0.136. The summed E-state index contributed by atoms with van der Waals surface area (Å²) in [7, 11) is 6.35. The zero-order chi connectivity index (χ0) is 42.1. The summed E-state index contributed by atoms with van der Waals surface area (Å²) in [4.78, 5) is 72.6. The van der Waals surface area contributed by atoms with Crippen LogP contribution in [0.25, 0.3) is 11.0 Å². The first kappa shape index (κ1) is 41.8. The largest absolute Gasteiger partial charge is 0.497 e. The molecule has 0 saturated heterocycles. The van der Waals surface area contributed by atoms with E-state index in [1.807, 2.05) is 60.7 Å². The Bertz CT molecular complexity index is 2470. The summed E-state index contributed by atoms with van der Waals surface area (Å²) in [5, 5.41) is 6.01. The molecule has 1 heterocycles. The van der Waals surface area contributed by atoms with Gasteiger partial charge in [-0.15, -0.1) is 0 Å². The molecule has 304 valence electrons. The summed E-state index contributed by atoms with van der Waals surface area (Å²) in [5.41, 5.74) is 2.83. The summed E-state index contributed by atoms with van der Waals surface area (Å²) in [6, 6.07) is 35.2. The molecule has 14 heteroatoms. The van der Waals surface area contributed by atoms with Crippen LogP contribution in [0.15, 0.2) is 132 Å². The Kier molecular flexibility index (Phi) is 13.5. The number of rotatable bonds is 16. The van der Waals surface area contributed by atoms with E-state index in [4.69, 9.17) is 21.1 Å². The highest BCUT2D eigenvalue weighted by Crippen LogP contribution is 2.22. The minimum atomic E-state index is -0.995. The number of methoxy groups -OCH3 is 2. The Labute approximate surface area is 346 Å². The van der Waals surface area contributed by atoms with E-state index in [2.05, 4.69) is 10.6 Å². The fourth-order valence-corrected chi connectivity index (χ4v) is 6.97. The molecule has 4 amide bonds. The van der Waals surface area contributed by atoms with Gasteiger partial charge in [0.15, 0.2) is 0 Å². The predicted molar refractivity (Wildman–Crippen MR) is 228 cm³/mol. The predicted octanol–water partition coefficient (Wildman–Crippen LogP) is 5.25. The van der Waals surface area contributed by atoms with Crippen molar-refractivity contribution in [3.8, 4) is 11.5 Å². The van der Waals surface area contributed by atoms with Crippen molar-refractivity contribution in [3.05, 3.63) is 154 Å². The standard InChI is InChI=1S/C45H45ClN6O7/c1-49(33-16-20-35(58-3)21-17-33)43(55)37(25-30-11-7-5-8-12-30)47-41(53)28-51-39-24-15-32(46)27-40(39)52(45(51)57)29-42(54)48-38(26-31-13-9-6-10-14-31)44(56)50(2)34-18-22-36(59-4)23-19-34/h5-24,27,37-38H,25-26,28-29H2,1-4H3,(H,47,53)(H,48,54)/t37-,38-/m0/s1. The summed E-state index contributed by atoms with van der Waals surface area (Å²) < 4.78 is 13.0. The topological polar surface area (TPSA) is 144 Å². The Morgan fingerprint density at radius 2 is 1.00 bits per heavy atom. The average Bonchev–Trinajstić information content (AvgIpc) is 3.50. The van der Waals surface area contributed by atoms with Gasteiger partial charge in [-0.2, -0.15) is 0 Å². The second kappa shape index (κ2) is 19.1. The second-order valence-electron chi connectivity index (χ2n) is 13.9. The van der Waals surface area contributed by atoms with Gasteiger partial charge in [-0.3, -0.25) is 28.3 Å². The van der Waals surface area contributed by atoms with Crippen molar-refractivity contribution in [1.82, 2.24) is 19.8 Å². The zero-order valence-electron chi connectivity index (χ0n) is 33.1. The molecule has 1 aromatic heterocycles. The maximum Gasteiger partial charge on any atom is 0.330 e. The minimum absolute atomic E-state index is 0.186. The van der Waals surface area contributed by atoms with Crippen LogP contribution in [-0.2, 0) is 45.1 Å². The third kappa shape index (κ3) is 10.2. The first-order chi connectivity index (χ1) is 28.4. The zero-order valence-corrected chi connectivity index (χ0v) is 33.9. The Balaban J connectivity index is 1.24. The second-order valence-corrected chi connectivity index (χ2v) is 14.3. The number of fused-ring (bicyclic) bond motifs is 1. The fourth-order valence-electron chi connectivity index (χ4n) is 6.80. The molecule has 0 radical (unpaired) electrons. The van der Waals surface area contributed by atoms with E-state index in [9.17, 15) is 24.0 Å². The van der Waals surface area contributed by atoms with Crippen molar-refractivity contribution < 1.29 is 28.7 Å². The van der Waals surface area contributed by atoms with Gasteiger partial charge in [-0.25, -0.2) is 4.79 Å². The van der Waals surface area contributed by atoms with Crippen LogP contribution in [0.5, 0.6) is 11.5 Å². The molecule has 0 bridgehead atoms. The van der Waals surface area contributed by atoms with Crippen LogP contribution >= 0.6 is 11.6 Å². The van der Waals surface area contributed by atoms with Gasteiger partial charge in [-0.05, 0) is 77.9 Å². The highest BCUT2D eigenvalue weighted by atomic mass is 35.5. The first-order valence-electron chi connectivity index (χ1n) is 18.8. The van der Waals surface area contributed by atoms with Crippen molar-refractivity contribution in [2.24, 2.45) is 0 Å². The Morgan fingerprint density at radius 3 is 1.41 bits per heavy atom. The maximum absolute atomic E-state index is 14.1. The number of hydrogen-bond donors (Lipinski definition) is 2. The van der Waals surface area contributed by atoms with Gasteiger partial charge in [0.1, 0.15) is 36.7 Å². The number of amides is 4. The van der Waals surface area contributed by atoms with E-state index in [0.29, 0.717) is 38.9 Å². The number of imidazole rings is 1. The minimum Gasteiger partial charge on any atom is -0.497 e. The molecule has 59 heavy (non-hydrogen) atoms. The van der Waals surface area contributed by atoms with Crippen molar-refractivity contribution in [2.45, 2.75) is 38.0 Å². The van der Waals surface area contributed by atoms with Gasteiger partial charge in [-0.1, -0.05) is 72.3 Å². The number of anilines is 2. The van der Waals surface area contributed by atoms with Crippen molar-refractivity contribution in [2.75, 3.05) is 38.1 Å². The number of likely N-dealkylation sites (N-methyl/N-ethyl adjacent to an activating group) is 2. The SMILES string of the molecule is COc1ccc(N(C)C(=O)[C@H](Cc2ccccc2)NC(=O)Cn2c(=O)n(CC(=O)N[C@@H](Cc3ccccc3)C(=O)N(C)c3ccc(OC)cc3)c3cc(Cl)ccc32)cc1. The molecule has 0 aliphatic carbocycles. The van der Waals surface area contributed by atoms with Crippen LogP contribution in [0, 0.1) is 0 Å². The highest BCUT2D eigenvalue weighted by molar-refractivity contribution is 6.31. The third-order valence-electron chi connectivity index (χ3n) is 10.00. The normalized spacial score (nSPS) is 11.9. The lowest BCUT2D eigenvalue weighted by Crippen LogP contribution is -2.50. The highest BCUT2D eigenvalue weighted by Gasteiger charge is 2.29. The summed E-state index contributed by atoms with van der Waals surface area (Å²) in [6.07, 6.45) is 0.375. The number of hydrogen-bond acceptors (Lipinski definition) is 7. The van der Waals surface area contributed by atoms with Crippen LogP contribution in [0.3, 0.4) is 0 Å². The van der Waals surface area contributed by atoms with Crippen molar-refractivity contribution in [3.63, 3.8) is 0 Å². The van der Waals surface area contributed by atoms with Crippen LogP contribution in [-0.4, -0.2) is 73.2 Å². The monoisotopic (exact) mass is 816 g/mol. The fraction of sp³-hybridized carbons (Fsp3) is 0.222. The third-order valence-corrected chi connectivity index (χ3v) is 10.2. The van der Waals surface area contributed by atoms with Gasteiger partial charge in [0.25, 0.3) is 0 Å². The molecule has 6 rings (SSSR count). The maximum atomic E-state index is 14.1. The van der Waals surface area contributed by atoms with Crippen LogP contribution < -0.4 is 35.6 Å². The Hall–Kier alpha value is -6.86. The number of ether oxygens (including phenoxy) is 2. The number of carbonyl (C=O) groups is 4. The molecule has 2 atom stereocenters. The van der Waals surface area contributed by atoms with Gasteiger partial charge in [0.05, 0.1) is 25.3 Å². The molecule has 0 spiro atoms. The van der Waals surface area contributed by atoms with Crippen molar-refractivity contribution >= 4 is 57.6 Å². The lowest BCUT2D eigenvalue weighted by atomic mass is 10.0. The van der Waals surface area contributed by atoms with E-state index < -0.39 is 42.7 Å². The molecule has 0 unspecified atom stereocenters. The average molecular weight is 817 g/mol. The Morgan fingerprint density at radius 1 is 0.593 bits per heavy atom. The number of halogens is 1. The first-order valence-corrected chi connectivity index (χ1v) is 19.2. The van der Waals surface area contributed by atoms with Crippen LogP contribution in [0.1, 0.15) is 11.1 Å². The van der Waals surface area contributed by atoms with E-state index in [1.165, 1.54) is 25.0 Å². The summed E-state index contributed by atoms with van der Waals surface area (Å²) in [6.45, 7) is -0.935. The molecular weight excluding hydrogens is 772 g/mol. The number of nitrogens with zero attached hydrogens (tertiary/aromatic N) is 4. The van der Waals surface area contributed by atoms with E-state index in [1.54, 1.807) is 89.0 Å². The van der Waals surface area contributed by atoms with Gasteiger partial charge in [0, 0.05) is 43.3 Å². The molecule has 13 nitrogen and oxygen atoms in total. The molecule has 5 aromatic carbocycles. The van der Waals surface area contributed by atoms with E-state index in [-0.39, 0.29) is 24.7 Å².